The highest BCUT2D eigenvalue weighted by molar-refractivity contribution is 6.39. The Bertz CT molecular complexity index is 1330. The first kappa shape index (κ1) is 27.5. The fraction of sp³-hybridized carbons (Fsp3) is 0.500. The first-order chi connectivity index (χ1) is 18.6. The molecular weight excluding hydrogens is 562 g/mol. The largest absolute Gasteiger partial charge is 0.573 e. The van der Waals surface area contributed by atoms with E-state index in [9.17, 15) is 18.0 Å². The Kier molecular flexibility index (Phi) is 7.92. The van der Waals surface area contributed by atoms with E-state index in [0.29, 0.717) is 62.0 Å². The van der Waals surface area contributed by atoms with Crippen LogP contribution in [-0.2, 0) is 9.53 Å². The average Bonchev–Trinajstić information content (AvgIpc) is 3.23. The highest BCUT2D eigenvalue weighted by atomic mass is 35.5. The third-order valence-electron chi connectivity index (χ3n) is 6.94. The molecule has 1 aromatic carbocycles. The van der Waals surface area contributed by atoms with Crippen LogP contribution in [0.4, 0.5) is 30.8 Å². The number of amides is 1. The maximum atomic E-state index is 12.7. The van der Waals surface area contributed by atoms with Crippen molar-refractivity contribution in [1.82, 2.24) is 19.5 Å². The molecule has 0 atom stereocenters. The molecule has 0 unspecified atom stereocenters. The number of aromatic nitrogens is 4. The van der Waals surface area contributed by atoms with E-state index in [2.05, 4.69) is 25.3 Å². The standard InChI is InChI=1S/C24H26Cl2F3N7O3/c25-16-9-15(39-24(27,28)29)10-17(26)19(16)34-23-33-18-11-31-22(32-13-5-7-38-8-6-13)35-21(18)36(23)14-3-1-12(2-4-14)20(30)37/h9-14H,1-8H2,(H2,30,37)(H,33,34)(H,31,32,35)/t12-,14+. The number of halogens is 5. The van der Waals surface area contributed by atoms with Crippen molar-refractivity contribution < 1.29 is 27.4 Å². The van der Waals surface area contributed by atoms with Crippen LogP contribution in [-0.4, -0.2) is 51.0 Å². The van der Waals surface area contributed by atoms with Crippen LogP contribution in [0.2, 0.25) is 10.0 Å². The Balaban J connectivity index is 1.50. The lowest BCUT2D eigenvalue weighted by atomic mass is 9.85. The number of nitrogens with two attached hydrogens (primary N) is 1. The molecule has 39 heavy (non-hydrogen) atoms. The summed E-state index contributed by atoms with van der Waals surface area (Å²) in [4.78, 5) is 25.6. The summed E-state index contributed by atoms with van der Waals surface area (Å²) >= 11 is 12.6. The summed E-state index contributed by atoms with van der Waals surface area (Å²) in [5, 5.41) is 6.25. The van der Waals surface area contributed by atoms with Crippen LogP contribution in [0.3, 0.4) is 0 Å². The van der Waals surface area contributed by atoms with Gasteiger partial charge in [0.25, 0.3) is 0 Å². The summed E-state index contributed by atoms with van der Waals surface area (Å²) < 4.78 is 49.4. The summed E-state index contributed by atoms with van der Waals surface area (Å²) in [5.41, 5.74) is 6.73. The molecule has 2 fully saturated rings. The smallest absolute Gasteiger partial charge is 0.406 e. The topological polar surface area (TPSA) is 129 Å². The van der Waals surface area contributed by atoms with Crippen molar-refractivity contribution in [1.29, 1.82) is 0 Å². The number of alkyl halides is 3. The average molecular weight is 588 g/mol. The van der Waals surface area contributed by atoms with Gasteiger partial charge < -0.3 is 25.8 Å². The molecule has 3 aromatic rings. The van der Waals surface area contributed by atoms with Crippen molar-refractivity contribution in [2.75, 3.05) is 23.8 Å². The third-order valence-corrected chi connectivity index (χ3v) is 7.53. The van der Waals surface area contributed by atoms with E-state index in [4.69, 9.17) is 38.7 Å². The van der Waals surface area contributed by atoms with Crippen molar-refractivity contribution in [3.63, 3.8) is 0 Å². The summed E-state index contributed by atoms with van der Waals surface area (Å²) in [6, 6.07) is 2.11. The molecule has 1 aliphatic heterocycles. The highest BCUT2D eigenvalue weighted by Gasteiger charge is 2.32. The molecule has 210 valence electrons. The molecule has 3 heterocycles. The molecular formula is C24H26Cl2F3N7O3. The first-order valence-corrected chi connectivity index (χ1v) is 13.2. The number of benzene rings is 1. The lowest BCUT2D eigenvalue weighted by molar-refractivity contribution is -0.274. The van der Waals surface area contributed by atoms with Crippen LogP contribution in [0.5, 0.6) is 5.75 Å². The Hall–Kier alpha value is -3.03. The predicted octanol–water partition coefficient (Wildman–Crippen LogP) is 5.58. The number of fused-ring (bicyclic) bond motifs is 1. The van der Waals surface area contributed by atoms with E-state index in [1.165, 1.54) is 0 Å². The van der Waals surface area contributed by atoms with Gasteiger partial charge in [-0.3, -0.25) is 9.36 Å². The predicted molar refractivity (Wildman–Crippen MR) is 139 cm³/mol. The number of nitrogens with zero attached hydrogens (tertiary/aromatic N) is 4. The second-order valence-corrected chi connectivity index (χ2v) is 10.4. The quantitative estimate of drug-likeness (QED) is 0.326. The molecule has 5 rings (SSSR count). The number of hydrogen-bond donors (Lipinski definition) is 3. The zero-order valence-electron chi connectivity index (χ0n) is 20.6. The minimum absolute atomic E-state index is 0.0919. The summed E-state index contributed by atoms with van der Waals surface area (Å²) in [6.07, 6.45) is 0.842. The number of hydrogen-bond acceptors (Lipinski definition) is 8. The van der Waals surface area contributed by atoms with Crippen molar-refractivity contribution in [2.24, 2.45) is 11.7 Å². The second-order valence-electron chi connectivity index (χ2n) is 9.58. The Morgan fingerprint density at radius 3 is 2.36 bits per heavy atom. The fourth-order valence-electron chi connectivity index (χ4n) is 5.01. The molecule has 0 radical (unpaired) electrons. The van der Waals surface area contributed by atoms with Gasteiger partial charge in [0.15, 0.2) is 5.65 Å². The van der Waals surface area contributed by atoms with Gasteiger partial charge >= 0.3 is 6.36 Å². The molecule has 0 bridgehead atoms. The number of nitrogens with one attached hydrogen (secondary N) is 2. The van der Waals surface area contributed by atoms with E-state index in [0.717, 1.165) is 25.0 Å². The number of anilines is 3. The van der Waals surface area contributed by atoms with Gasteiger partial charge in [0.2, 0.25) is 17.8 Å². The molecule has 4 N–H and O–H groups in total. The van der Waals surface area contributed by atoms with Crippen molar-refractivity contribution in [3.05, 3.63) is 28.4 Å². The minimum Gasteiger partial charge on any atom is -0.406 e. The molecule has 15 heteroatoms. The minimum atomic E-state index is -4.89. The molecule has 1 amide bonds. The van der Waals surface area contributed by atoms with Crippen molar-refractivity contribution in [3.8, 4) is 5.75 Å². The van der Waals surface area contributed by atoms with Crippen molar-refractivity contribution in [2.45, 2.75) is 57.0 Å². The first-order valence-electron chi connectivity index (χ1n) is 12.5. The Morgan fingerprint density at radius 1 is 1.08 bits per heavy atom. The molecule has 10 nitrogen and oxygen atoms in total. The zero-order valence-corrected chi connectivity index (χ0v) is 22.1. The van der Waals surface area contributed by atoms with Gasteiger partial charge in [0.1, 0.15) is 11.3 Å². The van der Waals surface area contributed by atoms with Gasteiger partial charge in [-0.15, -0.1) is 13.2 Å². The van der Waals surface area contributed by atoms with E-state index < -0.39 is 12.1 Å². The maximum absolute atomic E-state index is 12.7. The van der Waals surface area contributed by atoms with Gasteiger partial charge in [-0.1, -0.05) is 23.2 Å². The van der Waals surface area contributed by atoms with Gasteiger partial charge in [0, 0.05) is 43.3 Å². The van der Waals surface area contributed by atoms with E-state index in [1.807, 2.05) is 4.57 Å². The van der Waals surface area contributed by atoms with Crippen LogP contribution in [0.25, 0.3) is 11.2 Å². The van der Waals surface area contributed by atoms with Crippen LogP contribution in [0, 0.1) is 5.92 Å². The zero-order chi connectivity index (χ0) is 27.7. The molecule has 2 aromatic heterocycles. The number of imidazole rings is 1. The van der Waals surface area contributed by atoms with Crippen molar-refractivity contribution >= 4 is 57.9 Å². The monoisotopic (exact) mass is 587 g/mol. The van der Waals surface area contributed by atoms with E-state index in [1.54, 1.807) is 6.20 Å². The molecule has 2 aliphatic rings. The van der Waals surface area contributed by atoms with Crippen LogP contribution < -0.4 is 21.1 Å². The SMILES string of the molecule is NC(=O)[C@H]1CC[C@@H](n2c(Nc3c(Cl)cc(OC(F)(F)F)cc3Cl)nc3cnc(NC4CCOCC4)nc32)CC1. The van der Waals surface area contributed by atoms with Crippen LogP contribution >= 0.6 is 23.2 Å². The van der Waals surface area contributed by atoms with Gasteiger partial charge in [-0.05, 0) is 38.5 Å². The van der Waals surface area contributed by atoms with E-state index in [-0.39, 0.29) is 39.6 Å². The third kappa shape index (κ3) is 6.42. The van der Waals surface area contributed by atoms with Gasteiger partial charge in [0.05, 0.1) is 21.9 Å². The normalized spacial score (nSPS) is 20.6. The number of carbonyl (C=O) groups is 1. The Morgan fingerprint density at radius 2 is 1.74 bits per heavy atom. The molecule has 1 saturated carbocycles. The maximum Gasteiger partial charge on any atom is 0.573 e. The Labute approximate surface area is 231 Å². The van der Waals surface area contributed by atoms with Gasteiger partial charge in [-0.25, -0.2) is 9.97 Å². The number of primary amides is 1. The summed E-state index contributed by atoms with van der Waals surface area (Å²) in [7, 11) is 0. The lowest BCUT2D eigenvalue weighted by Crippen LogP contribution is -2.29. The lowest BCUT2D eigenvalue weighted by Gasteiger charge is -2.29. The fourth-order valence-corrected chi connectivity index (χ4v) is 5.57. The molecule has 1 saturated heterocycles. The number of carbonyl (C=O) groups excluding carboxylic acids is 1. The summed E-state index contributed by atoms with van der Waals surface area (Å²) in [5.74, 6) is -0.308. The highest BCUT2D eigenvalue weighted by Crippen LogP contribution is 2.41. The number of rotatable bonds is 7. The van der Waals surface area contributed by atoms with Crippen LogP contribution in [0.1, 0.15) is 44.6 Å². The van der Waals surface area contributed by atoms with Gasteiger partial charge in [-0.2, -0.15) is 4.98 Å². The molecule has 0 spiro atoms. The number of ether oxygens (including phenoxy) is 2. The molecule has 1 aliphatic carbocycles. The second kappa shape index (κ2) is 11.2. The van der Waals surface area contributed by atoms with Crippen LogP contribution in [0.15, 0.2) is 18.3 Å². The summed E-state index contributed by atoms with van der Waals surface area (Å²) in [6.45, 7) is 1.31. The van der Waals surface area contributed by atoms with E-state index >= 15 is 0 Å².